The summed E-state index contributed by atoms with van der Waals surface area (Å²) < 4.78 is 35.7. The van der Waals surface area contributed by atoms with Gasteiger partial charge in [-0.3, -0.25) is 14.9 Å². The zero-order valence-corrected chi connectivity index (χ0v) is 9.35. The van der Waals surface area contributed by atoms with Gasteiger partial charge in [-0.2, -0.15) is 13.2 Å². The minimum absolute atomic E-state index is 0.226. The summed E-state index contributed by atoms with van der Waals surface area (Å²) in [6, 6.07) is 5.01. The Morgan fingerprint density at radius 2 is 2.11 bits per heavy atom. The van der Waals surface area contributed by atoms with Gasteiger partial charge in [0.1, 0.15) is 6.23 Å². The van der Waals surface area contributed by atoms with Crippen molar-refractivity contribution in [1.82, 2.24) is 5.32 Å². The van der Waals surface area contributed by atoms with E-state index in [1.54, 1.807) is 0 Å². The number of hydrogen-bond acceptors (Lipinski definition) is 4. The third-order valence-corrected chi connectivity index (χ3v) is 2.11. The molecule has 0 aliphatic rings. The number of hydrogen-bond donors (Lipinski definition) is 2. The van der Waals surface area contributed by atoms with Crippen LogP contribution in [0, 0.1) is 10.1 Å². The first kappa shape index (κ1) is 14.9. The fourth-order valence-corrected chi connectivity index (χ4v) is 1.30. The number of carbonyl (C=O) groups is 1. The zero-order valence-electron chi connectivity index (χ0n) is 9.35. The van der Waals surface area contributed by atoms with Crippen molar-refractivity contribution in [2.24, 2.45) is 0 Å². The first-order valence-electron chi connectivity index (χ1n) is 4.99. The van der Waals surface area contributed by atoms with E-state index in [-0.39, 0.29) is 17.7 Å². The summed E-state index contributed by atoms with van der Waals surface area (Å²) >= 11 is 0. The predicted molar refractivity (Wildman–Crippen MR) is 57.0 cm³/mol. The summed E-state index contributed by atoms with van der Waals surface area (Å²) in [5.41, 5.74) is -0.0315. The monoisotopic (exact) mass is 278 g/mol. The highest BCUT2D eigenvalue weighted by Crippen LogP contribution is 2.16. The van der Waals surface area contributed by atoms with Crippen molar-refractivity contribution in [3.05, 3.63) is 39.9 Å². The molecule has 0 bridgehead atoms. The smallest absolute Gasteiger partial charge is 0.373 e. The lowest BCUT2D eigenvalue weighted by atomic mass is 10.1. The molecular formula is C10H9F3N2O4. The van der Waals surface area contributed by atoms with E-state index >= 15 is 0 Å². The Bertz CT molecular complexity index is 490. The molecule has 1 unspecified atom stereocenters. The van der Waals surface area contributed by atoms with Crippen LogP contribution in [0.2, 0.25) is 0 Å². The van der Waals surface area contributed by atoms with E-state index in [1.165, 1.54) is 23.5 Å². The molecule has 1 rings (SSSR count). The second-order valence-corrected chi connectivity index (χ2v) is 3.62. The van der Waals surface area contributed by atoms with Crippen LogP contribution in [0.15, 0.2) is 24.3 Å². The highest BCUT2D eigenvalue weighted by atomic mass is 19.4. The molecule has 1 atom stereocenters. The number of alkyl halides is 3. The maximum Gasteiger partial charge on any atom is 0.471 e. The number of rotatable bonds is 4. The molecule has 0 saturated heterocycles. The van der Waals surface area contributed by atoms with E-state index in [4.69, 9.17) is 0 Å². The van der Waals surface area contributed by atoms with E-state index in [2.05, 4.69) is 0 Å². The lowest BCUT2D eigenvalue weighted by Crippen LogP contribution is -2.44. The van der Waals surface area contributed by atoms with Crippen molar-refractivity contribution in [2.45, 2.75) is 18.8 Å². The van der Waals surface area contributed by atoms with Crippen molar-refractivity contribution in [1.29, 1.82) is 0 Å². The fraction of sp³-hybridized carbons (Fsp3) is 0.300. The normalized spacial score (nSPS) is 12.8. The van der Waals surface area contributed by atoms with Crippen LogP contribution in [0.1, 0.15) is 5.56 Å². The van der Waals surface area contributed by atoms with Crippen molar-refractivity contribution in [3.8, 4) is 0 Å². The molecule has 104 valence electrons. The van der Waals surface area contributed by atoms with Crippen LogP contribution in [0.4, 0.5) is 18.9 Å². The number of benzene rings is 1. The maximum absolute atomic E-state index is 11.9. The van der Waals surface area contributed by atoms with Crippen LogP contribution in [-0.2, 0) is 11.2 Å². The number of carbonyl (C=O) groups excluding carboxylic acids is 1. The Hall–Kier alpha value is -2.16. The third-order valence-electron chi connectivity index (χ3n) is 2.11. The molecule has 19 heavy (non-hydrogen) atoms. The number of amides is 1. The van der Waals surface area contributed by atoms with Crippen molar-refractivity contribution < 1.29 is 28.0 Å². The van der Waals surface area contributed by atoms with Gasteiger partial charge >= 0.3 is 12.1 Å². The standard InChI is InChI=1S/C10H9F3N2O4/c11-10(12,13)9(17)14-8(16)5-6-2-1-3-7(4-6)15(18)19/h1-4,8,16H,5H2,(H,14,17). The number of nitrogens with zero attached hydrogens (tertiary/aromatic N) is 1. The Balaban J connectivity index is 2.67. The third kappa shape index (κ3) is 4.54. The molecule has 0 heterocycles. The highest BCUT2D eigenvalue weighted by Gasteiger charge is 2.39. The maximum atomic E-state index is 11.9. The second-order valence-electron chi connectivity index (χ2n) is 3.62. The van der Waals surface area contributed by atoms with E-state index in [9.17, 15) is 33.2 Å². The number of nitro groups is 1. The predicted octanol–water partition coefficient (Wildman–Crippen LogP) is 1.13. The van der Waals surface area contributed by atoms with Gasteiger partial charge in [-0.05, 0) is 5.56 Å². The largest absolute Gasteiger partial charge is 0.471 e. The zero-order chi connectivity index (χ0) is 14.6. The van der Waals surface area contributed by atoms with Crippen molar-refractivity contribution in [2.75, 3.05) is 0 Å². The van der Waals surface area contributed by atoms with Crippen LogP contribution in [0.3, 0.4) is 0 Å². The minimum atomic E-state index is -5.09. The SMILES string of the molecule is O=C(NC(O)Cc1cccc([N+](=O)[O-])c1)C(F)(F)F. The second kappa shape index (κ2) is 5.65. The molecule has 1 amide bonds. The minimum Gasteiger partial charge on any atom is -0.373 e. The Labute approximate surface area is 105 Å². The Morgan fingerprint density at radius 3 is 2.63 bits per heavy atom. The summed E-state index contributed by atoms with van der Waals surface area (Å²) in [7, 11) is 0. The Morgan fingerprint density at radius 1 is 1.47 bits per heavy atom. The molecular weight excluding hydrogens is 269 g/mol. The lowest BCUT2D eigenvalue weighted by Gasteiger charge is -2.14. The van der Waals surface area contributed by atoms with Gasteiger partial charge in [0.05, 0.1) is 4.92 Å². The van der Waals surface area contributed by atoms with Crippen LogP contribution >= 0.6 is 0 Å². The number of nitro benzene ring substituents is 1. The number of nitrogens with one attached hydrogen (secondary N) is 1. The molecule has 0 radical (unpaired) electrons. The van der Waals surface area contributed by atoms with E-state index < -0.39 is 23.2 Å². The summed E-state index contributed by atoms with van der Waals surface area (Å²) in [4.78, 5) is 20.3. The van der Waals surface area contributed by atoms with Gasteiger partial charge in [-0.25, -0.2) is 0 Å². The quantitative estimate of drug-likeness (QED) is 0.490. The average Bonchev–Trinajstić information content (AvgIpc) is 2.27. The molecule has 0 aliphatic heterocycles. The Kier molecular flexibility index (Phi) is 4.43. The van der Waals surface area contributed by atoms with Gasteiger partial charge in [0.2, 0.25) is 0 Å². The first-order chi connectivity index (χ1) is 8.70. The van der Waals surface area contributed by atoms with Gasteiger partial charge in [-0.1, -0.05) is 12.1 Å². The average molecular weight is 278 g/mol. The van der Waals surface area contributed by atoms with Crippen LogP contribution in [0.25, 0.3) is 0 Å². The van der Waals surface area contributed by atoms with Crippen LogP contribution in [-0.4, -0.2) is 28.3 Å². The first-order valence-corrected chi connectivity index (χ1v) is 4.99. The van der Waals surface area contributed by atoms with E-state index in [1.807, 2.05) is 0 Å². The molecule has 1 aromatic carbocycles. The molecule has 0 saturated carbocycles. The number of aliphatic hydroxyl groups excluding tert-OH is 1. The number of halogens is 3. The van der Waals surface area contributed by atoms with Gasteiger partial charge in [-0.15, -0.1) is 0 Å². The van der Waals surface area contributed by atoms with Gasteiger partial charge in [0, 0.05) is 18.6 Å². The van der Waals surface area contributed by atoms with Gasteiger partial charge in [0.15, 0.2) is 0 Å². The topological polar surface area (TPSA) is 92.5 Å². The van der Waals surface area contributed by atoms with E-state index in [0.717, 1.165) is 6.07 Å². The number of non-ortho nitro benzene ring substituents is 1. The molecule has 0 fully saturated rings. The highest BCUT2D eigenvalue weighted by molar-refractivity contribution is 5.81. The molecule has 0 aliphatic carbocycles. The number of aliphatic hydroxyl groups is 1. The molecule has 1 aromatic rings. The lowest BCUT2D eigenvalue weighted by molar-refractivity contribution is -0.384. The van der Waals surface area contributed by atoms with Crippen molar-refractivity contribution >= 4 is 11.6 Å². The molecule has 9 heteroatoms. The molecule has 6 nitrogen and oxygen atoms in total. The summed E-state index contributed by atoms with van der Waals surface area (Å²) in [6.07, 6.45) is -7.25. The van der Waals surface area contributed by atoms with Crippen molar-refractivity contribution in [3.63, 3.8) is 0 Å². The van der Waals surface area contributed by atoms with Crippen LogP contribution in [0.5, 0.6) is 0 Å². The van der Waals surface area contributed by atoms with Gasteiger partial charge in [0.25, 0.3) is 5.69 Å². The summed E-state index contributed by atoms with van der Waals surface area (Å²) in [5, 5.41) is 21.1. The fourth-order valence-electron chi connectivity index (χ4n) is 1.30. The molecule has 0 spiro atoms. The summed E-state index contributed by atoms with van der Waals surface area (Å²) in [5.74, 6) is -2.27. The summed E-state index contributed by atoms with van der Waals surface area (Å²) in [6.45, 7) is 0. The van der Waals surface area contributed by atoms with Gasteiger partial charge < -0.3 is 10.4 Å². The molecule has 2 N–H and O–H groups in total. The van der Waals surface area contributed by atoms with E-state index in [0.29, 0.717) is 0 Å². The van der Waals surface area contributed by atoms with Crippen LogP contribution < -0.4 is 5.32 Å². The molecule has 0 aromatic heterocycles.